The van der Waals surface area contributed by atoms with Crippen molar-refractivity contribution in [3.8, 4) is 0 Å². The SMILES string of the molecule is O=C(c1cc(F)cc([N+](=O)[O-])c1F)N1CCC(=NO)CC1. The second kappa shape index (κ2) is 5.81. The van der Waals surface area contributed by atoms with Crippen molar-refractivity contribution in [2.24, 2.45) is 5.16 Å². The molecule has 1 aliphatic heterocycles. The van der Waals surface area contributed by atoms with Gasteiger partial charge in [-0.3, -0.25) is 14.9 Å². The molecule has 1 saturated heterocycles. The normalized spacial score (nSPS) is 15.0. The molecule has 0 aromatic heterocycles. The molecule has 1 heterocycles. The number of rotatable bonds is 2. The molecule has 0 unspecified atom stereocenters. The van der Waals surface area contributed by atoms with Crippen LogP contribution in [0.1, 0.15) is 23.2 Å². The summed E-state index contributed by atoms with van der Waals surface area (Å²) in [6.07, 6.45) is 0.614. The fourth-order valence-electron chi connectivity index (χ4n) is 2.10. The Labute approximate surface area is 117 Å². The van der Waals surface area contributed by atoms with E-state index >= 15 is 0 Å². The van der Waals surface area contributed by atoms with E-state index in [0.717, 1.165) is 0 Å². The number of benzene rings is 1. The second-order valence-corrected chi connectivity index (χ2v) is 4.50. The number of carbonyl (C=O) groups excluding carboxylic acids is 1. The third kappa shape index (κ3) is 2.96. The smallest absolute Gasteiger partial charge is 0.308 e. The summed E-state index contributed by atoms with van der Waals surface area (Å²) in [6, 6.07) is 1.07. The summed E-state index contributed by atoms with van der Waals surface area (Å²) in [6.45, 7) is 0.337. The van der Waals surface area contributed by atoms with Gasteiger partial charge in [0.25, 0.3) is 5.91 Å². The monoisotopic (exact) mass is 299 g/mol. The predicted octanol–water partition coefficient (Wildman–Crippen LogP) is 1.94. The maximum Gasteiger partial charge on any atom is 0.308 e. The number of hydrogen-bond donors (Lipinski definition) is 1. The Bertz CT molecular complexity index is 623. The summed E-state index contributed by atoms with van der Waals surface area (Å²) in [7, 11) is 0. The van der Waals surface area contributed by atoms with Crippen LogP contribution < -0.4 is 0 Å². The van der Waals surface area contributed by atoms with Crippen LogP contribution in [0.25, 0.3) is 0 Å². The van der Waals surface area contributed by atoms with Crippen LogP contribution in [-0.2, 0) is 0 Å². The number of likely N-dealkylation sites (tertiary alicyclic amines) is 1. The Morgan fingerprint density at radius 3 is 2.48 bits per heavy atom. The van der Waals surface area contributed by atoms with Gasteiger partial charge in [-0.15, -0.1) is 0 Å². The zero-order chi connectivity index (χ0) is 15.6. The molecule has 0 atom stereocenters. The molecular weight excluding hydrogens is 288 g/mol. The summed E-state index contributed by atoms with van der Waals surface area (Å²) in [5.74, 6) is -3.24. The van der Waals surface area contributed by atoms with Gasteiger partial charge in [0.05, 0.1) is 22.3 Å². The number of oxime groups is 1. The fourth-order valence-corrected chi connectivity index (χ4v) is 2.10. The Balaban J connectivity index is 2.30. The van der Waals surface area contributed by atoms with E-state index in [2.05, 4.69) is 5.16 Å². The first-order valence-electron chi connectivity index (χ1n) is 6.06. The topological polar surface area (TPSA) is 96.0 Å². The molecule has 21 heavy (non-hydrogen) atoms. The van der Waals surface area contributed by atoms with Gasteiger partial charge in [-0.25, -0.2) is 4.39 Å². The van der Waals surface area contributed by atoms with Gasteiger partial charge in [0.15, 0.2) is 0 Å². The summed E-state index contributed by atoms with van der Waals surface area (Å²) in [5, 5.41) is 22.3. The highest BCUT2D eigenvalue weighted by molar-refractivity contribution is 5.96. The van der Waals surface area contributed by atoms with E-state index < -0.39 is 33.7 Å². The first-order chi connectivity index (χ1) is 9.93. The maximum absolute atomic E-state index is 13.9. The van der Waals surface area contributed by atoms with Crippen LogP contribution in [-0.4, -0.2) is 39.7 Å². The lowest BCUT2D eigenvalue weighted by Crippen LogP contribution is -2.39. The molecule has 1 aromatic carbocycles. The van der Waals surface area contributed by atoms with Gasteiger partial charge in [0.1, 0.15) is 5.82 Å². The molecule has 1 aliphatic rings. The van der Waals surface area contributed by atoms with Crippen molar-refractivity contribution in [1.82, 2.24) is 4.90 Å². The molecular formula is C12H11F2N3O4. The zero-order valence-electron chi connectivity index (χ0n) is 10.8. The second-order valence-electron chi connectivity index (χ2n) is 4.50. The molecule has 2 rings (SSSR count). The van der Waals surface area contributed by atoms with Crippen molar-refractivity contribution in [3.05, 3.63) is 39.4 Å². The van der Waals surface area contributed by atoms with E-state index in [1.54, 1.807) is 0 Å². The lowest BCUT2D eigenvalue weighted by Gasteiger charge is -2.27. The Morgan fingerprint density at radius 1 is 1.33 bits per heavy atom. The van der Waals surface area contributed by atoms with E-state index in [0.29, 0.717) is 30.7 Å². The third-order valence-electron chi connectivity index (χ3n) is 3.21. The number of hydrogen-bond acceptors (Lipinski definition) is 5. The maximum atomic E-state index is 13.9. The number of halogens is 2. The summed E-state index contributed by atoms with van der Waals surface area (Å²) in [4.78, 5) is 22.9. The molecule has 0 saturated carbocycles. The third-order valence-corrected chi connectivity index (χ3v) is 3.21. The van der Waals surface area contributed by atoms with Crippen molar-refractivity contribution in [3.63, 3.8) is 0 Å². The summed E-state index contributed by atoms with van der Waals surface area (Å²) >= 11 is 0. The summed E-state index contributed by atoms with van der Waals surface area (Å²) < 4.78 is 27.3. The van der Waals surface area contributed by atoms with Crippen LogP contribution in [0.3, 0.4) is 0 Å². The van der Waals surface area contributed by atoms with E-state index in [1.165, 1.54) is 4.90 Å². The number of nitro groups is 1. The molecule has 112 valence electrons. The largest absolute Gasteiger partial charge is 0.411 e. The van der Waals surface area contributed by atoms with Crippen LogP contribution in [0.5, 0.6) is 0 Å². The average molecular weight is 299 g/mol. The number of nitrogens with zero attached hydrogens (tertiary/aromatic N) is 3. The van der Waals surface area contributed by atoms with Gasteiger partial charge in [0, 0.05) is 25.9 Å². The van der Waals surface area contributed by atoms with Crippen LogP contribution in [0.15, 0.2) is 17.3 Å². The fraction of sp³-hybridized carbons (Fsp3) is 0.333. The molecule has 1 fully saturated rings. The molecule has 0 radical (unpaired) electrons. The highest BCUT2D eigenvalue weighted by Crippen LogP contribution is 2.24. The van der Waals surface area contributed by atoms with Gasteiger partial charge in [-0.1, -0.05) is 5.16 Å². The van der Waals surface area contributed by atoms with Crippen LogP contribution >= 0.6 is 0 Å². The van der Waals surface area contributed by atoms with E-state index in [1.807, 2.05) is 0 Å². The van der Waals surface area contributed by atoms with Crippen LogP contribution in [0.2, 0.25) is 0 Å². The van der Waals surface area contributed by atoms with Crippen LogP contribution in [0, 0.1) is 21.7 Å². The predicted molar refractivity (Wildman–Crippen MR) is 67.4 cm³/mol. The van der Waals surface area contributed by atoms with E-state index in [9.17, 15) is 23.7 Å². The van der Waals surface area contributed by atoms with Gasteiger partial charge >= 0.3 is 5.69 Å². The molecule has 1 N–H and O–H groups in total. The Kier molecular flexibility index (Phi) is 4.10. The van der Waals surface area contributed by atoms with E-state index in [4.69, 9.17) is 5.21 Å². The number of nitro benzene ring substituents is 1. The standard InChI is InChI=1S/C12H11F2N3O4/c13-7-5-9(11(14)10(6-7)17(20)21)12(18)16-3-1-8(15-19)2-4-16/h5-6,19H,1-4H2. The number of carbonyl (C=O) groups is 1. The quantitative estimate of drug-likeness (QED) is 0.512. The molecule has 0 aliphatic carbocycles. The Hall–Kier alpha value is -2.58. The minimum Gasteiger partial charge on any atom is -0.411 e. The minimum atomic E-state index is -1.35. The zero-order valence-corrected chi connectivity index (χ0v) is 10.8. The number of amides is 1. The highest BCUT2D eigenvalue weighted by atomic mass is 19.1. The van der Waals surface area contributed by atoms with Gasteiger partial charge < -0.3 is 10.1 Å². The van der Waals surface area contributed by atoms with Gasteiger partial charge in [-0.2, -0.15) is 4.39 Å². The minimum absolute atomic E-state index is 0.169. The molecule has 1 aromatic rings. The van der Waals surface area contributed by atoms with Crippen molar-refractivity contribution in [2.45, 2.75) is 12.8 Å². The lowest BCUT2D eigenvalue weighted by atomic mass is 10.1. The first kappa shape index (κ1) is 14.8. The van der Waals surface area contributed by atoms with Gasteiger partial charge in [0.2, 0.25) is 5.82 Å². The molecule has 0 bridgehead atoms. The van der Waals surface area contributed by atoms with Crippen molar-refractivity contribution < 1.29 is 23.7 Å². The van der Waals surface area contributed by atoms with Crippen molar-refractivity contribution in [2.75, 3.05) is 13.1 Å². The number of piperidine rings is 1. The average Bonchev–Trinajstić information content (AvgIpc) is 2.48. The van der Waals surface area contributed by atoms with Crippen LogP contribution in [0.4, 0.5) is 14.5 Å². The summed E-state index contributed by atoms with van der Waals surface area (Å²) in [5.41, 5.74) is -1.25. The lowest BCUT2D eigenvalue weighted by molar-refractivity contribution is -0.387. The highest BCUT2D eigenvalue weighted by Gasteiger charge is 2.28. The molecule has 1 amide bonds. The molecule has 7 nitrogen and oxygen atoms in total. The van der Waals surface area contributed by atoms with Crippen molar-refractivity contribution in [1.29, 1.82) is 0 Å². The molecule has 9 heteroatoms. The van der Waals surface area contributed by atoms with E-state index in [-0.39, 0.29) is 13.1 Å². The van der Waals surface area contributed by atoms with Crippen molar-refractivity contribution >= 4 is 17.3 Å². The Morgan fingerprint density at radius 2 is 1.95 bits per heavy atom. The molecule has 0 spiro atoms. The van der Waals surface area contributed by atoms with Gasteiger partial charge in [-0.05, 0) is 6.07 Å². The first-order valence-corrected chi connectivity index (χ1v) is 6.06.